The molecule has 0 bridgehead atoms. The van der Waals surface area contributed by atoms with Gasteiger partial charge in [0, 0.05) is 25.5 Å². The first-order valence-corrected chi connectivity index (χ1v) is 14.0. The number of rotatable bonds is 22. The summed E-state index contributed by atoms with van der Waals surface area (Å²) in [7, 11) is 0. The Hall–Kier alpha value is -0.660. The Balaban J connectivity index is 2.12. The smallest absolute Gasteiger partial charge is 0.101 e. The fourth-order valence-corrected chi connectivity index (χ4v) is 4.75. The number of hydrogen-bond donors (Lipinski definition) is 0. The fraction of sp³-hybridized carbons (Fsp3) is 0.929. The van der Waals surface area contributed by atoms with E-state index in [-0.39, 0.29) is 0 Å². The second kappa shape index (κ2) is 20.3. The van der Waals surface area contributed by atoms with E-state index in [0.717, 1.165) is 0 Å². The summed E-state index contributed by atoms with van der Waals surface area (Å²) in [6.07, 6.45) is 33.6. The van der Waals surface area contributed by atoms with Gasteiger partial charge < -0.3 is 9.80 Å². The van der Waals surface area contributed by atoms with Crippen LogP contribution in [0, 0.1) is 0 Å². The van der Waals surface area contributed by atoms with Crippen LogP contribution in [0.4, 0.5) is 0 Å². The lowest BCUT2D eigenvalue weighted by Crippen LogP contribution is -2.39. The zero-order chi connectivity index (χ0) is 21.7. The molecule has 1 aliphatic heterocycles. The van der Waals surface area contributed by atoms with Crippen molar-refractivity contribution in [2.24, 2.45) is 0 Å². The summed E-state index contributed by atoms with van der Waals surface area (Å²) in [5.41, 5.74) is 0. The van der Waals surface area contributed by atoms with Crippen LogP contribution in [0.5, 0.6) is 0 Å². The van der Waals surface area contributed by atoms with Crippen molar-refractivity contribution in [2.45, 2.75) is 155 Å². The number of hydrogen-bond acceptors (Lipinski definition) is 2. The lowest BCUT2D eigenvalue weighted by molar-refractivity contribution is 0.136. The van der Waals surface area contributed by atoms with E-state index in [1.54, 1.807) is 0 Å². The molecule has 0 N–H and O–H groups in total. The van der Waals surface area contributed by atoms with E-state index in [9.17, 15) is 0 Å². The van der Waals surface area contributed by atoms with E-state index in [1.165, 1.54) is 142 Å². The first kappa shape index (κ1) is 27.4. The summed E-state index contributed by atoms with van der Waals surface area (Å²) < 4.78 is 0. The molecule has 30 heavy (non-hydrogen) atoms. The molecular weight excluding hydrogens is 364 g/mol. The Bertz CT molecular complexity index is 379. The van der Waals surface area contributed by atoms with Gasteiger partial charge in [0.1, 0.15) is 6.17 Å². The van der Waals surface area contributed by atoms with Gasteiger partial charge in [-0.2, -0.15) is 0 Å². The Morgan fingerprint density at radius 3 is 1.27 bits per heavy atom. The molecule has 1 heterocycles. The van der Waals surface area contributed by atoms with Gasteiger partial charge in [0.25, 0.3) is 0 Å². The summed E-state index contributed by atoms with van der Waals surface area (Å²) in [5, 5.41) is 0. The second-order valence-corrected chi connectivity index (χ2v) is 9.70. The number of unbranched alkanes of at least 4 members (excludes halogenated alkanes) is 16. The SMILES string of the molecule is CCCCCCCCCCCCCCC1N(CCCC)C=CN1CCCCCCC. The first-order valence-electron chi connectivity index (χ1n) is 14.0. The van der Waals surface area contributed by atoms with E-state index in [0.29, 0.717) is 6.17 Å². The zero-order valence-electron chi connectivity index (χ0n) is 21.2. The van der Waals surface area contributed by atoms with Gasteiger partial charge in [-0.1, -0.05) is 124 Å². The normalized spacial score (nSPS) is 16.2. The van der Waals surface area contributed by atoms with Gasteiger partial charge in [0.2, 0.25) is 0 Å². The van der Waals surface area contributed by atoms with Crippen LogP contribution >= 0.6 is 0 Å². The Morgan fingerprint density at radius 2 is 0.800 bits per heavy atom. The molecule has 0 saturated heterocycles. The summed E-state index contributed by atoms with van der Waals surface area (Å²) in [4.78, 5) is 5.29. The minimum Gasteiger partial charge on any atom is -0.356 e. The molecule has 2 nitrogen and oxygen atoms in total. The van der Waals surface area contributed by atoms with Crippen LogP contribution < -0.4 is 0 Å². The largest absolute Gasteiger partial charge is 0.356 e. The standard InChI is InChI=1S/C28H56N2/c1-4-7-10-12-13-14-15-16-17-18-19-21-23-28-29(24-9-6-3)26-27-30(28)25-22-20-11-8-5-2/h26-28H,4-25H2,1-3H3. The molecule has 2 heteroatoms. The van der Waals surface area contributed by atoms with Gasteiger partial charge in [0.05, 0.1) is 0 Å². The molecule has 0 aromatic carbocycles. The third-order valence-corrected chi connectivity index (χ3v) is 6.82. The molecule has 0 fully saturated rings. The van der Waals surface area contributed by atoms with Gasteiger partial charge >= 0.3 is 0 Å². The molecule has 1 unspecified atom stereocenters. The van der Waals surface area contributed by atoms with E-state index in [2.05, 4.69) is 43.0 Å². The van der Waals surface area contributed by atoms with Crippen LogP contribution in [0.25, 0.3) is 0 Å². The maximum Gasteiger partial charge on any atom is 0.101 e. The molecule has 1 atom stereocenters. The monoisotopic (exact) mass is 420 g/mol. The maximum absolute atomic E-state index is 2.65. The lowest BCUT2D eigenvalue weighted by Gasteiger charge is -2.33. The summed E-state index contributed by atoms with van der Waals surface area (Å²) in [5.74, 6) is 0. The third-order valence-electron chi connectivity index (χ3n) is 6.82. The molecule has 0 aromatic rings. The van der Waals surface area contributed by atoms with Crippen molar-refractivity contribution in [2.75, 3.05) is 13.1 Å². The van der Waals surface area contributed by atoms with E-state index in [1.807, 2.05) is 0 Å². The Morgan fingerprint density at radius 1 is 0.433 bits per heavy atom. The average molecular weight is 421 g/mol. The molecule has 178 valence electrons. The van der Waals surface area contributed by atoms with Gasteiger partial charge in [-0.3, -0.25) is 0 Å². The minimum atomic E-state index is 0.644. The summed E-state index contributed by atoms with van der Waals surface area (Å²) >= 11 is 0. The fourth-order valence-electron chi connectivity index (χ4n) is 4.75. The van der Waals surface area contributed by atoms with Crippen molar-refractivity contribution in [3.8, 4) is 0 Å². The molecule has 1 aliphatic rings. The summed E-state index contributed by atoms with van der Waals surface area (Å²) in [6.45, 7) is 9.41. The van der Waals surface area contributed by atoms with Gasteiger partial charge in [0.15, 0.2) is 0 Å². The highest BCUT2D eigenvalue weighted by Crippen LogP contribution is 2.23. The Labute approximate surface area is 190 Å². The highest BCUT2D eigenvalue weighted by atomic mass is 15.4. The molecule has 1 rings (SSSR count). The van der Waals surface area contributed by atoms with Crippen molar-refractivity contribution in [3.05, 3.63) is 12.4 Å². The van der Waals surface area contributed by atoms with E-state index >= 15 is 0 Å². The zero-order valence-corrected chi connectivity index (χ0v) is 21.2. The highest BCUT2D eigenvalue weighted by molar-refractivity contribution is 4.96. The third kappa shape index (κ3) is 13.6. The summed E-state index contributed by atoms with van der Waals surface area (Å²) in [6, 6.07) is 0. The molecule has 0 aliphatic carbocycles. The van der Waals surface area contributed by atoms with Crippen LogP contribution in [-0.4, -0.2) is 29.1 Å². The maximum atomic E-state index is 2.65. The van der Waals surface area contributed by atoms with Crippen molar-refractivity contribution in [1.82, 2.24) is 9.80 Å². The average Bonchev–Trinajstić information content (AvgIpc) is 3.14. The van der Waals surface area contributed by atoms with Crippen LogP contribution in [0.3, 0.4) is 0 Å². The van der Waals surface area contributed by atoms with E-state index in [4.69, 9.17) is 0 Å². The van der Waals surface area contributed by atoms with Crippen LogP contribution in [0.15, 0.2) is 12.4 Å². The number of nitrogens with zero attached hydrogens (tertiary/aromatic N) is 2. The molecule has 0 saturated carbocycles. The minimum absolute atomic E-state index is 0.644. The quantitative estimate of drug-likeness (QED) is 0.161. The van der Waals surface area contributed by atoms with Crippen molar-refractivity contribution >= 4 is 0 Å². The van der Waals surface area contributed by atoms with Gasteiger partial charge in [-0.25, -0.2) is 0 Å². The van der Waals surface area contributed by atoms with Crippen LogP contribution in [0.1, 0.15) is 149 Å². The topological polar surface area (TPSA) is 6.48 Å². The predicted octanol–water partition coefficient (Wildman–Crippen LogP) is 9.26. The molecular formula is C28H56N2. The van der Waals surface area contributed by atoms with Crippen LogP contribution in [0.2, 0.25) is 0 Å². The van der Waals surface area contributed by atoms with Crippen molar-refractivity contribution in [1.29, 1.82) is 0 Å². The molecule has 0 spiro atoms. The molecule has 0 amide bonds. The molecule has 0 aromatic heterocycles. The molecule has 0 radical (unpaired) electrons. The predicted molar refractivity (Wildman–Crippen MR) is 136 cm³/mol. The lowest BCUT2D eigenvalue weighted by atomic mass is 10.0. The van der Waals surface area contributed by atoms with Gasteiger partial charge in [-0.15, -0.1) is 0 Å². The highest BCUT2D eigenvalue weighted by Gasteiger charge is 2.24. The van der Waals surface area contributed by atoms with Crippen LogP contribution in [-0.2, 0) is 0 Å². The first-order chi connectivity index (χ1) is 14.8. The van der Waals surface area contributed by atoms with E-state index < -0.39 is 0 Å². The van der Waals surface area contributed by atoms with Crippen molar-refractivity contribution in [3.63, 3.8) is 0 Å². The second-order valence-electron chi connectivity index (χ2n) is 9.70. The Kier molecular flexibility index (Phi) is 18.5. The van der Waals surface area contributed by atoms with Gasteiger partial charge in [-0.05, 0) is 25.7 Å². The van der Waals surface area contributed by atoms with Crippen molar-refractivity contribution < 1.29 is 0 Å².